The molecule has 0 aliphatic rings. The lowest BCUT2D eigenvalue weighted by atomic mass is 10.1. The first-order valence-corrected chi connectivity index (χ1v) is 11.6. The van der Waals surface area contributed by atoms with E-state index in [-0.39, 0.29) is 0 Å². The lowest BCUT2D eigenvalue weighted by Gasteiger charge is -2.02. The molecule has 0 amide bonds. The summed E-state index contributed by atoms with van der Waals surface area (Å²) in [5.74, 6) is 0. The SMILES string of the molecule is CCCCCCCCCCCC[n+]1cccc(CC)c1.CS(=O)(=O)[O-]. The molecule has 0 radical (unpaired) electrons. The number of aromatic nitrogens is 1. The number of aryl methyl sites for hydroxylation is 2. The van der Waals surface area contributed by atoms with Crippen LogP contribution in [-0.2, 0) is 23.1 Å². The van der Waals surface area contributed by atoms with Gasteiger partial charge in [-0.15, -0.1) is 0 Å². The third kappa shape index (κ3) is 19.2. The Bertz CT molecular complexity index is 521. The number of rotatable bonds is 12. The number of pyridine rings is 1. The molecule has 0 saturated carbocycles. The lowest BCUT2D eigenvalue weighted by molar-refractivity contribution is -0.697. The van der Waals surface area contributed by atoms with E-state index in [0.717, 1.165) is 6.42 Å². The van der Waals surface area contributed by atoms with Gasteiger partial charge in [-0.25, -0.2) is 13.0 Å². The molecule has 0 N–H and O–H groups in total. The summed E-state index contributed by atoms with van der Waals surface area (Å²) in [5, 5.41) is 0. The third-order valence-corrected chi connectivity index (χ3v) is 4.10. The molecule has 0 unspecified atom stereocenters. The molecule has 0 aromatic carbocycles. The van der Waals surface area contributed by atoms with E-state index >= 15 is 0 Å². The number of unbranched alkanes of at least 4 members (excludes halogenated alkanes) is 9. The Hall–Kier alpha value is -0.940. The summed E-state index contributed by atoms with van der Waals surface area (Å²) in [6, 6.07) is 4.39. The Kier molecular flexibility index (Phi) is 14.7. The predicted molar refractivity (Wildman–Crippen MR) is 103 cm³/mol. The maximum absolute atomic E-state index is 9.08. The maximum Gasteiger partial charge on any atom is 0.171 e. The molecule has 0 fully saturated rings. The summed E-state index contributed by atoms with van der Waals surface area (Å²) in [4.78, 5) is 0. The molecular weight excluding hydrogens is 334 g/mol. The van der Waals surface area contributed by atoms with Gasteiger partial charge in [0.1, 0.15) is 6.54 Å². The van der Waals surface area contributed by atoms with E-state index < -0.39 is 10.1 Å². The largest absolute Gasteiger partial charge is 0.748 e. The van der Waals surface area contributed by atoms with Crippen LogP contribution in [0.15, 0.2) is 24.5 Å². The van der Waals surface area contributed by atoms with Crippen molar-refractivity contribution in [2.24, 2.45) is 0 Å². The Balaban J connectivity index is 0.00000101. The van der Waals surface area contributed by atoms with Gasteiger partial charge < -0.3 is 4.55 Å². The number of hydrogen-bond acceptors (Lipinski definition) is 3. The molecule has 25 heavy (non-hydrogen) atoms. The first kappa shape index (κ1) is 24.1. The summed E-state index contributed by atoms with van der Waals surface area (Å²) >= 11 is 0. The van der Waals surface area contributed by atoms with Crippen LogP contribution in [-0.4, -0.2) is 19.2 Å². The van der Waals surface area contributed by atoms with Crippen LogP contribution < -0.4 is 4.57 Å². The second kappa shape index (κ2) is 15.3. The number of hydrogen-bond donors (Lipinski definition) is 0. The van der Waals surface area contributed by atoms with Gasteiger partial charge in [-0.2, -0.15) is 0 Å². The van der Waals surface area contributed by atoms with Crippen LogP contribution in [0.1, 0.15) is 83.6 Å². The average molecular weight is 372 g/mol. The predicted octanol–water partition coefficient (Wildman–Crippen LogP) is 4.62. The standard InChI is InChI=1S/C19H34N.CH4O3S/c1-3-5-6-7-8-9-10-11-12-13-16-20-17-14-15-19(4-2)18-20;1-5(2,3)4/h14-15,17-18H,3-13,16H2,1-2H3;1H3,(H,2,3,4)/q+1;/p-1. The minimum atomic E-state index is -3.92. The highest BCUT2D eigenvalue weighted by Gasteiger charge is 2.01. The van der Waals surface area contributed by atoms with Crippen molar-refractivity contribution in [2.45, 2.75) is 91.0 Å². The summed E-state index contributed by atoms with van der Waals surface area (Å²) < 4.78 is 29.6. The van der Waals surface area contributed by atoms with Crippen LogP contribution >= 0.6 is 0 Å². The minimum absolute atomic E-state index is 0.604. The van der Waals surface area contributed by atoms with E-state index in [1.807, 2.05) is 0 Å². The Morgan fingerprint density at radius 1 is 0.920 bits per heavy atom. The van der Waals surface area contributed by atoms with E-state index in [0.29, 0.717) is 6.26 Å². The quantitative estimate of drug-likeness (QED) is 0.306. The van der Waals surface area contributed by atoms with Crippen molar-refractivity contribution in [1.82, 2.24) is 0 Å². The second-order valence-electron chi connectivity index (χ2n) is 6.69. The molecule has 0 aliphatic carbocycles. The molecule has 5 heteroatoms. The van der Waals surface area contributed by atoms with Crippen molar-refractivity contribution in [1.29, 1.82) is 0 Å². The van der Waals surface area contributed by atoms with Crippen LogP contribution in [0, 0.1) is 0 Å². The normalized spacial score (nSPS) is 11.0. The fourth-order valence-electron chi connectivity index (χ4n) is 2.71. The molecule has 4 nitrogen and oxygen atoms in total. The smallest absolute Gasteiger partial charge is 0.171 e. The minimum Gasteiger partial charge on any atom is -0.748 e. The zero-order chi connectivity index (χ0) is 19.0. The highest BCUT2D eigenvalue weighted by molar-refractivity contribution is 7.84. The van der Waals surface area contributed by atoms with Crippen molar-refractivity contribution < 1.29 is 17.5 Å². The summed E-state index contributed by atoms with van der Waals surface area (Å²) in [6.45, 7) is 5.69. The summed E-state index contributed by atoms with van der Waals surface area (Å²) in [7, 11) is -3.92. The lowest BCUT2D eigenvalue weighted by Crippen LogP contribution is -2.33. The van der Waals surface area contributed by atoms with E-state index in [1.165, 1.54) is 76.3 Å². The van der Waals surface area contributed by atoms with Crippen molar-refractivity contribution in [3.8, 4) is 0 Å². The van der Waals surface area contributed by atoms with Gasteiger partial charge in [-0.1, -0.05) is 65.2 Å². The molecule has 0 bridgehead atoms. The van der Waals surface area contributed by atoms with Crippen molar-refractivity contribution in [2.75, 3.05) is 6.26 Å². The van der Waals surface area contributed by atoms with Gasteiger partial charge in [0, 0.05) is 24.3 Å². The second-order valence-corrected chi connectivity index (χ2v) is 8.10. The topological polar surface area (TPSA) is 61.1 Å². The molecule has 0 spiro atoms. The molecule has 146 valence electrons. The van der Waals surface area contributed by atoms with Gasteiger partial charge in [0.15, 0.2) is 12.4 Å². The van der Waals surface area contributed by atoms with Crippen molar-refractivity contribution >= 4 is 10.1 Å². The zero-order valence-electron chi connectivity index (χ0n) is 16.4. The van der Waals surface area contributed by atoms with Crippen LogP contribution in [0.4, 0.5) is 0 Å². The summed E-state index contributed by atoms with van der Waals surface area (Å²) in [6.07, 6.45) is 20.4. The highest BCUT2D eigenvalue weighted by atomic mass is 32.2. The highest BCUT2D eigenvalue weighted by Crippen LogP contribution is 2.10. The molecule has 1 aromatic rings. The average Bonchev–Trinajstić information content (AvgIpc) is 2.55. The Labute approximate surface area is 155 Å². The monoisotopic (exact) mass is 371 g/mol. The maximum atomic E-state index is 9.08. The van der Waals surface area contributed by atoms with Gasteiger partial charge in [-0.3, -0.25) is 0 Å². The molecule has 0 atom stereocenters. The molecule has 1 heterocycles. The molecule has 0 aliphatic heterocycles. The van der Waals surface area contributed by atoms with Gasteiger partial charge in [0.05, 0.1) is 10.1 Å². The van der Waals surface area contributed by atoms with E-state index in [9.17, 15) is 0 Å². The molecular formula is C20H37NO3S. The van der Waals surface area contributed by atoms with Crippen LogP contribution in [0.25, 0.3) is 0 Å². The van der Waals surface area contributed by atoms with Crippen molar-refractivity contribution in [3.05, 3.63) is 30.1 Å². The van der Waals surface area contributed by atoms with E-state index in [1.54, 1.807) is 0 Å². The molecule has 1 aromatic heterocycles. The fraction of sp³-hybridized carbons (Fsp3) is 0.750. The van der Waals surface area contributed by atoms with Gasteiger partial charge >= 0.3 is 0 Å². The first-order chi connectivity index (χ1) is 11.9. The van der Waals surface area contributed by atoms with E-state index in [2.05, 4.69) is 42.9 Å². The third-order valence-electron chi connectivity index (χ3n) is 4.10. The van der Waals surface area contributed by atoms with Gasteiger partial charge in [0.2, 0.25) is 0 Å². The van der Waals surface area contributed by atoms with E-state index in [4.69, 9.17) is 13.0 Å². The van der Waals surface area contributed by atoms with Crippen LogP contribution in [0.5, 0.6) is 0 Å². The Morgan fingerprint density at radius 3 is 1.88 bits per heavy atom. The van der Waals surface area contributed by atoms with Crippen LogP contribution in [0.3, 0.4) is 0 Å². The Morgan fingerprint density at radius 2 is 1.40 bits per heavy atom. The zero-order valence-corrected chi connectivity index (χ0v) is 17.2. The number of nitrogens with zero attached hydrogens (tertiary/aromatic N) is 1. The van der Waals surface area contributed by atoms with Gasteiger partial charge in [-0.05, 0) is 18.9 Å². The van der Waals surface area contributed by atoms with Crippen LogP contribution in [0.2, 0.25) is 0 Å². The first-order valence-electron chi connectivity index (χ1n) is 9.75. The summed E-state index contributed by atoms with van der Waals surface area (Å²) in [5.41, 5.74) is 1.44. The van der Waals surface area contributed by atoms with Crippen molar-refractivity contribution in [3.63, 3.8) is 0 Å². The molecule has 1 rings (SSSR count). The van der Waals surface area contributed by atoms with Gasteiger partial charge in [0.25, 0.3) is 0 Å². The molecule has 0 saturated heterocycles. The fourth-order valence-corrected chi connectivity index (χ4v) is 2.71.